The fraction of sp³-hybridized carbons (Fsp3) is 0.600. The first kappa shape index (κ1) is 13.8. The van der Waals surface area contributed by atoms with E-state index in [0.29, 0.717) is 10.1 Å². The van der Waals surface area contributed by atoms with Crippen molar-refractivity contribution < 1.29 is 23.7 Å². The van der Waals surface area contributed by atoms with E-state index in [-0.39, 0.29) is 5.82 Å². The molecular weight excluding hydrogens is 264 g/mol. The van der Waals surface area contributed by atoms with Gasteiger partial charge in [0.15, 0.2) is 6.10 Å². The minimum atomic E-state index is -3.72. The average molecular weight is 277 g/mol. The minimum Gasteiger partial charge on any atom is -0.394 e. The number of alkyl halides is 2. The highest BCUT2D eigenvalue weighted by Gasteiger charge is 2.59. The lowest BCUT2D eigenvalue weighted by atomic mass is 10.1. The number of aromatic nitrogens is 2. The van der Waals surface area contributed by atoms with Gasteiger partial charge in [-0.1, -0.05) is 0 Å². The number of ether oxygens (including phenoxy) is 1. The lowest BCUT2D eigenvalue weighted by molar-refractivity contribution is -0.141. The molecule has 19 heavy (non-hydrogen) atoms. The second kappa shape index (κ2) is 4.51. The van der Waals surface area contributed by atoms with Crippen LogP contribution >= 0.6 is 0 Å². The molecule has 0 bridgehead atoms. The van der Waals surface area contributed by atoms with E-state index in [1.807, 2.05) is 0 Å². The summed E-state index contributed by atoms with van der Waals surface area (Å²) >= 11 is 0. The molecule has 1 saturated heterocycles. The van der Waals surface area contributed by atoms with Crippen LogP contribution < -0.4 is 11.4 Å². The van der Waals surface area contributed by atoms with E-state index < -0.39 is 36.7 Å². The third-order valence-electron chi connectivity index (χ3n) is 2.99. The molecule has 0 saturated carbocycles. The van der Waals surface area contributed by atoms with Gasteiger partial charge >= 0.3 is 11.6 Å². The third-order valence-corrected chi connectivity index (χ3v) is 2.99. The third kappa shape index (κ3) is 2.09. The second-order valence-corrected chi connectivity index (χ2v) is 4.33. The highest BCUT2D eigenvalue weighted by Crippen LogP contribution is 2.42. The topological polar surface area (TPSA) is 111 Å². The molecule has 1 aromatic rings. The quantitative estimate of drug-likeness (QED) is 0.641. The van der Waals surface area contributed by atoms with Crippen LogP contribution in [0.15, 0.2) is 11.0 Å². The van der Waals surface area contributed by atoms with E-state index in [4.69, 9.17) is 15.6 Å². The number of rotatable bonds is 2. The van der Waals surface area contributed by atoms with E-state index >= 15 is 0 Å². The molecule has 0 spiro atoms. The van der Waals surface area contributed by atoms with Crippen molar-refractivity contribution in [1.29, 1.82) is 0 Å². The Labute approximate surface area is 106 Å². The van der Waals surface area contributed by atoms with Crippen molar-refractivity contribution in [1.82, 2.24) is 9.55 Å². The Morgan fingerprint density at radius 3 is 2.79 bits per heavy atom. The van der Waals surface area contributed by atoms with Crippen molar-refractivity contribution in [2.75, 3.05) is 12.3 Å². The molecule has 2 heterocycles. The summed E-state index contributed by atoms with van der Waals surface area (Å²) in [6.07, 6.45) is -4.62. The molecule has 106 valence electrons. The van der Waals surface area contributed by atoms with Gasteiger partial charge in [-0.3, -0.25) is 4.57 Å². The molecule has 0 amide bonds. The van der Waals surface area contributed by atoms with Crippen LogP contribution in [0, 0.1) is 6.92 Å². The number of aliphatic hydroxyl groups excluding tert-OH is 2. The predicted molar refractivity (Wildman–Crippen MR) is 59.6 cm³/mol. The van der Waals surface area contributed by atoms with Crippen molar-refractivity contribution in [2.45, 2.75) is 31.3 Å². The summed E-state index contributed by atoms with van der Waals surface area (Å²) in [4.78, 5) is 15.0. The summed E-state index contributed by atoms with van der Waals surface area (Å²) in [5.41, 5.74) is 4.70. The zero-order valence-electron chi connectivity index (χ0n) is 9.96. The molecule has 3 unspecified atom stereocenters. The van der Waals surface area contributed by atoms with Gasteiger partial charge in [0, 0.05) is 11.8 Å². The van der Waals surface area contributed by atoms with E-state index in [1.54, 1.807) is 0 Å². The number of nitrogen functional groups attached to an aromatic ring is 1. The first-order chi connectivity index (χ1) is 8.78. The lowest BCUT2D eigenvalue weighted by Gasteiger charge is -2.21. The molecule has 0 radical (unpaired) electrons. The maximum atomic E-state index is 13.8. The molecule has 7 nitrogen and oxygen atoms in total. The van der Waals surface area contributed by atoms with E-state index in [0.717, 1.165) is 6.20 Å². The van der Waals surface area contributed by atoms with Crippen molar-refractivity contribution in [3.63, 3.8) is 0 Å². The first-order valence-electron chi connectivity index (χ1n) is 5.46. The summed E-state index contributed by atoms with van der Waals surface area (Å²) in [6.45, 7) is 0.703. The molecule has 1 fully saturated rings. The Kier molecular flexibility index (Phi) is 3.29. The van der Waals surface area contributed by atoms with Crippen molar-refractivity contribution in [3.8, 4) is 0 Å². The smallest absolute Gasteiger partial charge is 0.351 e. The Morgan fingerprint density at radius 2 is 2.26 bits per heavy atom. The van der Waals surface area contributed by atoms with Gasteiger partial charge in [0.2, 0.25) is 6.23 Å². The Balaban J connectivity index is 2.48. The zero-order chi connectivity index (χ0) is 14.4. The molecule has 9 heteroatoms. The number of nitrogens with zero attached hydrogens (tertiary/aromatic N) is 2. The number of halogens is 2. The van der Waals surface area contributed by atoms with Crippen LogP contribution in [0.4, 0.5) is 14.6 Å². The van der Waals surface area contributed by atoms with E-state index in [2.05, 4.69) is 4.98 Å². The molecule has 3 atom stereocenters. The number of aliphatic hydroxyl groups is 2. The number of anilines is 1. The van der Waals surface area contributed by atoms with E-state index in [9.17, 15) is 18.7 Å². The van der Waals surface area contributed by atoms with Crippen LogP contribution in [0.3, 0.4) is 0 Å². The lowest BCUT2D eigenvalue weighted by Crippen LogP contribution is -2.42. The first-order valence-corrected chi connectivity index (χ1v) is 5.46. The number of nitrogens with two attached hydrogens (primary N) is 1. The van der Waals surface area contributed by atoms with Gasteiger partial charge in [-0.25, -0.2) is 4.79 Å². The largest absolute Gasteiger partial charge is 0.394 e. The molecular formula is C10H13F2N3O4. The molecule has 1 aliphatic heterocycles. The van der Waals surface area contributed by atoms with Crippen LogP contribution in [0.25, 0.3) is 0 Å². The Bertz CT molecular complexity index is 548. The highest BCUT2D eigenvalue weighted by atomic mass is 19.3. The van der Waals surface area contributed by atoms with Crippen molar-refractivity contribution in [3.05, 3.63) is 22.2 Å². The fourth-order valence-corrected chi connectivity index (χ4v) is 1.87. The van der Waals surface area contributed by atoms with Gasteiger partial charge < -0.3 is 20.7 Å². The molecule has 1 aliphatic rings. The van der Waals surface area contributed by atoms with Gasteiger partial charge in [0.1, 0.15) is 11.9 Å². The van der Waals surface area contributed by atoms with Crippen molar-refractivity contribution in [2.24, 2.45) is 0 Å². The number of aryl methyl sites for hydroxylation is 1. The van der Waals surface area contributed by atoms with Gasteiger partial charge in [-0.2, -0.15) is 13.8 Å². The standard InChI is InChI=1S/C10H13F2N3O4/c1-4-2-15(9(18)14-7(4)13)8-10(11,12)6(17)5(3-16)19-8/h2,5-6,8,16-17H,3H2,1H3,(H2,13,14,18). The van der Waals surface area contributed by atoms with Crippen LogP contribution in [-0.2, 0) is 4.74 Å². The van der Waals surface area contributed by atoms with Gasteiger partial charge in [0.05, 0.1) is 6.61 Å². The molecule has 2 rings (SSSR count). The molecule has 1 aromatic heterocycles. The Morgan fingerprint density at radius 1 is 1.63 bits per heavy atom. The number of hydrogen-bond donors (Lipinski definition) is 3. The predicted octanol–water partition coefficient (Wildman–Crippen LogP) is -0.980. The fourth-order valence-electron chi connectivity index (χ4n) is 1.87. The summed E-state index contributed by atoms with van der Waals surface area (Å²) in [6, 6.07) is 0. The summed E-state index contributed by atoms with van der Waals surface area (Å²) in [5.74, 6) is -3.79. The van der Waals surface area contributed by atoms with E-state index in [1.165, 1.54) is 6.92 Å². The molecule has 0 aliphatic carbocycles. The zero-order valence-corrected chi connectivity index (χ0v) is 9.96. The molecule has 4 N–H and O–H groups in total. The van der Waals surface area contributed by atoms with Gasteiger partial charge in [-0.15, -0.1) is 0 Å². The SMILES string of the molecule is Cc1cn(C2OC(CO)C(O)C2(F)F)c(=O)nc1N. The number of hydrogen-bond acceptors (Lipinski definition) is 6. The van der Waals surface area contributed by atoms with Crippen LogP contribution in [0.5, 0.6) is 0 Å². The minimum absolute atomic E-state index is 0.0678. The van der Waals surface area contributed by atoms with Crippen LogP contribution in [-0.4, -0.2) is 44.5 Å². The normalized spacial score (nSPS) is 29.6. The van der Waals surface area contributed by atoms with Crippen LogP contribution in [0.1, 0.15) is 11.8 Å². The highest BCUT2D eigenvalue weighted by molar-refractivity contribution is 5.35. The maximum Gasteiger partial charge on any atom is 0.351 e. The average Bonchev–Trinajstić information content (AvgIpc) is 2.56. The maximum absolute atomic E-state index is 13.8. The van der Waals surface area contributed by atoms with Gasteiger partial charge in [0.25, 0.3) is 0 Å². The monoisotopic (exact) mass is 277 g/mol. The Hall–Kier alpha value is -1.58. The van der Waals surface area contributed by atoms with Crippen LogP contribution in [0.2, 0.25) is 0 Å². The van der Waals surface area contributed by atoms with Crippen molar-refractivity contribution >= 4 is 5.82 Å². The molecule has 0 aromatic carbocycles. The summed E-state index contributed by atoms with van der Waals surface area (Å²) in [5, 5.41) is 18.2. The second-order valence-electron chi connectivity index (χ2n) is 4.33. The summed E-state index contributed by atoms with van der Waals surface area (Å²) < 4.78 is 33.1. The summed E-state index contributed by atoms with van der Waals surface area (Å²) in [7, 11) is 0. The van der Waals surface area contributed by atoms with Gasteiger partial charge in [-0.05, 0) is 6.92 Å².